The largest absolute Gasteiger partial charge is 0.465 e. The molecule has 2 heterocycles. The molecule has 1 aromatic carbocycles. The minimum atomic E-state index is -0.370. The zero-order valence-corrected chi connectivity index (χ0v) is 16.9. The van der Waals surface area contributed by atoms with E-state index >= 15 is 0 Å². The Balaban J connectivity index is 1.66. The second-order valence-corrected chi connectivity index (χ2v) is 7.59. The van der Waals surface area contributed by atoms with E-state index in [-0.39, 0.29) is 5.97 Å². The van der Waals surface area contributed by atoms with Gasteiger partial charge in [0.2, 0.25) is 0 Å². The smallest absolute Gasteiger partial charge is 0.341 e. The molecule has 0 aliphatic carbocycles. The van der Waals surface area contributed by atoms with Gasteiger partial charge in [-0.15, -0.1) is 11.3 Å². The number of esters is 1. The Morgan fingerprint density at radius 3 is 2.63 bits per heavy atom. The van der Waals surface area contributed by atoms with Gasteiger partial charge in [-0.2, -0.15) is 5.10 Å². The van der Waals surface area contributed by atoms with Gasteiger partial charge in [-0.05, 0) is 55.4 Å². The number of carbonyl (C=O) groups excluding carboxylic acids is 1. The minimum absolute atomic E-state index is 0.370. The Bertz CT molecular complexity index is 947. The summed E-state index contributed by atoms with van der Waals surface area (Å²) in [6.07, 6.45) is 3.69. The quantitative estimate of drug-likeness (QED) is 0.494. The molecule has 0 bridgehead atoms. The molecular formula is C19H20N4O2S2. The molecule has 0 unspecified atom stereocenters. The number of nitrogens with one attached hydrogen (secondary N) is 2. The second kappa shape index (κ2) is 8.32. The van der Waals surface area contributed by atoms with Crippen LogP contribution in [-0.4, -0.2) is 28.0 Å². The van der Waals surface area contributed by atoms with Gasteiger partial charge in [0.25, 0.3) is 0 Å². The monoisotopic (exact) mass is 400 g/mol. The topological polar surface area (TPSA) is 68.2 Å². The summed E-state index contributed by atoms with van der Waals surface area (Å²) in [7, 11) is 1.37. The van der Waals surface area contributed by atoms with Crippen LogP contribution in [0.1, 0.15) is 26.4 Å². The highest BCUT2D eigenvalue weighted by Gasteiger charge is 2.20. The summed E-state index contributed by atoms with van der Waals surface area (Å²) < 4.78 is 6.75. The highest BCUT2D eigenvalue weighted by Crippen LogP contribution is 2.33. The van der Waals surface area contributed by atoms with Gasteiger partial charge in [0, 0.05) is 23.0 Å². The van der Waals surface area contributed by atoms with Crippen LogP contribution < -0.4 is 10.6 Å². The summed E-state index contributed by atoms with van der Waals surface area (Å²) in [5, 5.41) is 11.6. The van der Waals surface area contributed by atoms with Crippen molar-refractivity contribution in [1.82, 2.24) is 9.78 Å². The Labute approximate surface area is 167 Å². The van der Waals surface area contributed by atoms with E-state index in [9.17, 15) is 4.79 Å². The van der Waals surface area contributed by atoms with Gasteiger partial charge < -0.3 is 15.4 Å². The Morgan fingerprint density at radius 1 is 1.26 bits per heavy atom. The van der Waals surface area contributed by atoms with Gasteiger partial charge in [-0.3, -0.25) is 4.68 Å². The number of anilines is 2. The van der Waals surface area contributed by atoms with Gasteiger partial charge >= 0.3 is 5.97 Å². The first-order valence-corrected chi connectivity index (χ1v) is 9.53. The van der Waals surface area contributed by atoms with E-state index in [2.05, 4.69) is 15.7 Å². The molecule has 0 atom stereocenters. The highest BCUT2D eigenvalue weighted by molar-refractivity contribution is 7.80. The molecule has 3 aromatic rings. The fourth-order valence-corrected chi connectivity index (χ4v) is 3.94. The fraction of sp³-hybridized carbons (Fsp3) is 0.211. The van der Waals surface area contributed by atoms with Crippen molar-refractivity contribution < 1.29 is 9.53 Å². The number of thiophene rings is 1. The van der Waals surface area contributed by atoms with Crippen LogP contribution in [0.3, 0.4) is 0 Å². The van der Waals surface area contributed by atoms with E-state index in [4.69, 9.17) is 17.0 Å². The van der Waals surface area contributed by atoms with Gasteiger partial charge in [0.05, 0.1) is 19.2 Å². The maximum atomic E-state index is 12.0. The molecule has 0 fully saturated rings. The molecule has 0 amide bonds. The van der Waals surface area contributed by atoms with Crippen LogP contribution in [0, 0.1) is 13.8 Å². The Kier molecular flexibility index (Phi) is 5.88. The molecule has 0 spiro atoms. The second-order valence-electron chi connectivity index (χ2n) is 5.96. The number of thiocarbonyl (C=S) groups is 1. The predicted octanol–water partition coefficient (Wildman–Crippen LogP) is 4.21. The number of aromatic nitrogens is 2. The molecule has 2 N–H and O–H groups in total. The first-order valence-electron chi connectivity index (χ1n) is 8.30. The number of hydrogen-bond donors (Lipinski definition) is 2. The third kappa shape index (κ3) is 4.53. The SMILES string of the molecule is COC(=O)c1c(NC(=S)Nc2ccc(Cn3cccn3)cc2)sc(C)c1C. The molecule has 8 heteroatoms. The van der Waals surface area contributed by atoms with Gasteiger partial charge in [-0.1, -0.05) is 12.1 Å². The van der Waals surface area contributed by atoms with Crippen molar-refractivity contribution in [2.75, 3.05) is 17.7 Å². The number of rotatable bonds is 5. The lowest BCUT2D eigenvalue weighted by Gasteiger charge is -2.11. The van der Waals surface area contributed by atoms with Crippen molar-refractivity contribution in [1.29, 1.82) is 0 Å². The first-order chi connectivity index (χ1) is 13.0. The van der Waals surface area contributed by atoms with Crippen LogP contribution in [0.2, 0.25) is 0 Å². The molecular weight excluding hydrogens is 380 g/mol. The molecule has 0 aliphatic rings. The van der Waals surface area contributed by atoms with Crippen molar-refractivity contribution in [3.8, 4) is 0 Å². The average molecular weight is 401 g/mol. The summed E-state index contributed by atoms with van der Waals surface area (Å²) in [6, 6.07) is 9.85. The van der Waals surface area contributed by atoms with E-state index in [0.29, 0.717) is 22.2 Å². The third-order valence-electron chi connectivity index (χ3n) is 4.12. The molecule has 27 heavy (non-hydrogen) atoms. The highest BCUT2D eigenvalue weighted by atomic mass is 32.1. The fourth-order valence-electron chi connectivity index (χ4n) is 2.60. The lowest BCUT2D eigenvalue weighted by molar-refractivity contribution is 0.0601. The molecule has 140 valence electrons. The molecule has 2 aromatic heterocycles. The maximum absolute atomic E-state index is 12.0. The van der Waals surface area contributed by atoms with Crippen LogP contribution in [-0.2, 0) is 11.3 Å². The van der Waals surface area contributed by atoms with Crippen LogP contribution in [0.4, 0.5) is 10.7 Å². The molecule has 0 saturated carbocycles. The van der Waals surface area contributed by atoms with Crippen LogP contribution in [0.5, 0.6) is 0 Å². The normalized spacial score (nSPS) is 10.5. The van der Waals surface area contributed by atoms with E-state index in [1.165, 1.54) is 18.4 Å². The lowest BCUT2D eigenvalue weighted by atomic mass is 10.1. The van der Waals surface area contributed by atoms with E-state index in [1.807, 2.05) is 55.1 Å². The third-order valence-corrected chi connectivity index (χ3v) is 5.44. The lowest BCUT2D eigenvalue weighted by Crippen LogP contribution is -2.20. The molecule has 0 radical (unpaired) electrons. The van der Waals surface area contributed by atoms with Gasteiger partial charge in [0.1, 0.15) is 5.00 Å². The zero-order valence-electron chi connectivity index (χ0n) is 15.3. The van der Waals surface area contributed by atoms with E-state index < -0.39 is 0 Å². The molecule has 0 saturated heterocycles. The summed E-state index contributed by atoms with van der Waals surface area (Å²) in [5.74, 6) is -0.370. The van der Waals surface area contributed by atoms with Crippen LogP contribution in [0.15, 0.2) is 42.7 Å². The van der Waals surface area contributed by atoms with E-state index in [0.717, 1.165) is 21.7 Å². The Morgan fingerprint density at radius 2 is 2.00 bits per heavy atom. The summed E-state index contributed by atoms with van der Waals surface area (Å²) in [4.78, 5) is 13.1. The summed E-state index contributed by atoms with van der Waals surface area (Å²) in [5.41, 5.74) is 3.43. The predicted molar refractivity (Wildman–Crippen MR) is 113 cm³/mol. The van der Waals surface area contributed by atoms with Crippen molar-refractivity contribution >= 4 is 45.3 Å². The van der Waals surface area contributed by atoms with Crippen molar-refractivity contribution in [3.05, 3.63) is 64.3 Å². The molecule has 3 rings (SSSR count). The summed E-state index contributed by atoms with van der Waals surface area (Å²) in [6.45, 7) is 4.58. The standard InChI is InChI=1S/C19H20N4O2S2/c1-12-13(2)27-17(16(12)18(24)25-3)22-19(26)21-15-7-5-14(6-8-15)11-23-10-4-9-20-23/h4-10H,11H2,1-3H3,(H2,21,22,26). The van der Waals surface area contributed by atoms with Crippen LogP contribution in [0.25, 0.3) is 0 Å². The van der Waals surface area contributed by atoms with Gasteiger partial charge in [0.15, 0.2) is 5.11 Å². The van der Waals surface area contributed by atoms with Crippen molar-refractivity contribution in [2.24, 2.45) is 0 Å². The average Bonchev–Trinajstić information content (AvgIpc) is 3.24. The first kappa shape index (κ1) is 19.1. The number of carbonyl (C=O) groups is 1. The van der Waals surface area contributed by atoms with Crippen LogP contribution >= 0.6 is 23.6 Å². The number of hydrogen-bond acceptors (Lipinski definition) is 5. The van der Waals surface area contributed by atoms with Gasteiger partial charge in [-0.25, -0.2) is 4.79 Å². The Hall–Kier alpha value is -2.71. The number of nitrogens with zero attached hydrogens (tertiary/aromatic N) is 2. The van der Waals surface area contributed by atoms with Crippen molar-refractivity contribution in [3.63, 3.8) is 0 Å². The minimum Gasteiger partial charge on any atom is -0.465 e. The number of aryl methyl sites for hydroxylation is 1. The van der Waals surface area contributed by atoms with E-state index in [1.54, 1.807) is 6.20 Å². The maximum Gasteiger partial charge on any atom is 0.341 e. The molecule has 0 aliphatic heterocycles. The molecule has 6 nitrogen and oxygen atoms in total. The summed E-state index contributed by atoms with van der Waals surface area (Å²) >= 11 is 6.88. The number of methoxy groups -OCH3 is 1. The zero-order chi connectivity index (χ0) is 19.4. The number of ether oxygens (including phenoxy) is 1. The number of benzene rings is 1. The van der Waals surface area contributed by atoms with Crippen molar-refractivity contribution in [2.45, 2.75) is 20.4 Å².